The second kappa shape index (κ2) is 8.86. The minimum atomic E-state index is -4.45. The number of nitrogens with zero attached hydrogens (tertiary/aromatic N) is 3. The minimum absolute atomic E-state index is 0.170. The Bertz CT molecular complexity index is 1100. The molecular weight excluding hydrogens is 419 g/mol. The highest BCUT2D eigenvalue weighted by atomic mass is 19.4. The van der Waals surface area contributed by atoms with E-state index in [0.717, 1.165) is 25.0 Å². The van der Waals surface area contributed by atoms with Gasteiger partial charge in [-0.3, -0.25) is 9.88 Å². The summed E-state index contributed by atoms with van der Waals surface area (Å²) in [6.07, 6.45) is 0.287. The van der Waals surface area contributed by atoms with Crippen LogP contribution in [0.4, 0.5) is 35.2 Å². The molecule has 0 fully saturated rings. The van der Waals surface area contributed by atoms with Gasteiger partial charge in [-0.2, -0.15) is 13.2 Å². The molecule has 166 valence electrons. The van der Waals surface area contributed by atoms with E-state index in [1.54, 1.807) is 41.4 Å². The van der Waals surface area contributed by atoms with E-state index < -0.39 is 11.7 Å². The Kier molecular flexibility index (Phi) is 5.98. The Morgan fingerprint density at radius 2 is 2.03 bits per heavy atom. The molecule has 1 aliphatic rings. The first kappa shape index (κ1) is 21.6. The van der Waals surface area contributed by atoms with Gasteiger partial charge in [-0.25, -0.2) is 9.78 Å². The number of anilines is 3. The van der Waals surface area contributed by atoms with Crippen molar-refractivity contribution < 1.29 is 18.0 Å². The molecule has 0 unspecified atom stereocenters. The highest BCUT2D eigenvalue weighted by Gasteiger charge is 2.31. The lowest BCUT2D eigenvalue weighted by atomic mass is 10.1. The van der Waals surface area contributed by atoms with Crippen LogP contribution in [0.15, 0.2) is 60.9 Å². The van der Waals surface area contributed by atoms with Crippen LogP contribution >= 0.6 is 0 Å². The zero-order valence-corrected chi connectivity index (χ0v) is 17.4. The van der Waals surface area contributed by atoms with Gasteiger partial charge in [-0.05, 0) is 56.2 Å². The number of nitrogens with one attached hydrogen (secondary N) is 2. The molecule has 0 aliphatic carbocycles. The first-order valence-corrected chi connectivity index (χ1v) is 10.3. The number of benzene rings is 1. The number of carbonyl (C=O) groups is 1. The summed E-state index contributed by atoms with van der Waals surface area (Å²) >= 11 is 0. The second-order valence-electron chi connectivity index (χ2n) is 7.61. The summed E-state index contributed by atoms with van der Waals surface area (Å²) in [5.41, 5.74) is 1.11. The van der Waals surface area contributed by atoms with Crippen molar-refractivity contribution >= 4 is 23.2 Å². The average Bonchev–Trinajstić information content (AvgIpc) is 2.76. The van der Waals surface area contributed by atoms with Crippen LogP contribution in [0.25, 0.3) is 11.3 Å². The summed E-state index contributed by atoms with van der Waals surface area (Å²) in [5.74, 6) is 0.369. The summed E-state index contributed by atoms with van der Waals surface area (Å²) in [5, 5.41) is 6.10. The monoisotopic (exact) mass is 441 g/mol. The molecule has 1 aliphatic heterocycles. The van der Waals surface area contributed by atoms with E-state index >= 15 is 0 Å². The maximum atomic E-state index is 13.2. The lowest BCUT2D eigenvalue weighted by molar-refractivity contribution is -0.137. The van der Waals surface area contributed by atoms with Gasteiger partial charge in [0.05, 0.1) is 28.8 Å². The van der Waals surface area contributed by atoms with E-state index in [1.807, 2.05) is 6.92 Å². The van der Waals surface area contributed by atoms with Gasteiger partial charge in [-0.1, -0.05) is 12.1 Å². The van der Waals surface area contributed by atoms with Gasteiger partial charge in [0.15, 0.2) is 5.82 Å². The molecule has 0 spiro atoms. The third kappa shape index (κ3) is 4.66. The number of carbonyl (C=O) groups excluding carboxylic acids is 1. The summed E-state index contributed by atoms with van der Waals surface area (Å²) in [6, 6.07) is 11.3. The third-order valence-electron chi connectivity index (χ3n) is 5.28. The fourth-order valence-electron chi connectivity index (χ4n) is 3.66. The molecule has 1 atom stereocenters. The Balaban J connectivity index is 1.75. The van der Waals surface area contributed by atoms with E-state index in [4.69, 9.17) is 0 Å². The fourth-order valence-corrected chi connectivity index (χ4v) is 3.66. The molecule has 0 saturated heterocycles. The molecule has 32 heavy (non-hydrogen) atoms. The van der Waals surface area contributed by atoms with Gasteiger partial charge in [0, 0.05) is 24.3 Å². The predicted octanol–water partition coefficient (Wildman–Crippen LogP) is 5.80. The minimum Gasteiger partial charge on any atom is -0.382 e. The quantitative estimate of drug-likeness (QED) is 0.528. The van der Waals surface area contributed by atoms with Crippen molar-refractivity contribution in [3.63, 3.8) is 0 Å². The molecule has 2 N–H and O–H groups in total. The number of amides is 2. The van der Waals surface area contributed by atoms with Crippen molar-refractivity contribution in [1.29, 1.82) is 0 Å². The highest BCUT2D eigenvalue weighted by molar-refractivity contribution is 6.03. The summed E-state index contributed by atoms with van der Waals surface area (Å²) < 4.78 is 39.6. The van der Waals surface area contributed by atoms with Gasteiger partial charge >= 0.3 is 12.2 Å². The number of rotatable bonds is 2. The van der Waals surface area contributed by atoms with Crippen molar-refractivity contribution in [3.05, 3.63) is 66.5 Å². The maximum absolute atomic E-state index is 13.2. The van der Waals surface area contributed by atoms with Gasteiger partial charge in [0.1, 0.15) is 0 Å². The van der Waals surface area contributed by atoms with Gasteiger partial charge in [0.2, 0.25) is 0 Å². The topological polar surface area (TPSA) is 70.2 Å². The number of halogens is 3. The highest BCUT2D eigenvalue weighted by Crippen LogP contribution is 2.35. The first-order valence-electron chi connectivity index (χ1n) is 10.3. The van der Waals surface area contributed by atoms with Crippen molar-refractivity contribution in [2.75, 3.05) is 22.1 Å². The zero-order valence-electron chi connectivity index (χ0n) is 17.4. The lowest BCUT2D eigenvalue weighted by Gasteiger charge is -2.32. The summed E-state index contributed by atoms with van der Waals surface area (Å²) in [6.45, 7) is 2.64. The van der Waals surface area contributed by atoms with Gasteiger partial charge in [-0.15, -0.1) is 0 Å². The lowest BCUT2D eigenvalue weighted by Crippen LogP contribution is -2.43. The summed E-state index contributed by atoms with van der Waals surface area (Å²) in [7, 11) is 0. The molecular formula is C23H22F3N5O. The van der Waals surface area contributed by atoms with Gasteiger partial charge < -0.3 is 10.6 Å². The number of hydrogen-bond acceptors (Lipinski definition) is 4. The average molecular weight is 441 g/mol. The Morgan fingerprint density at radius 1 is 1.19 bits per heavy atom. The first-order chi connectivity index (χ1) is 15.3. The smallest absolute Gasteiger partial charge is 0.382 e. The molecule has 2 aromatic heterocycles. The predicted molar refractivity (Wildman–Crippen MR) is 118 cm³/mol. The second-order valence-corrected chi connectivity index (χ2v) is 7.61. The Morgan fingerprint density at radius 3 is 2.78 bits per heavy atom. The van der Waals surface area contributed by atoms with E-state index in [9.17, 15) is 18.0 Å². The summed E-state index contributed by atoms with van der Waals surface area (Å²) in [4.78, 5) is 23.4. The van der Waals surface area contributed by atoms with Crippen LogP contribution in [-0.4, -0.2) is 28.6 Å². The molecule has 2 amide bonds. The molecule has 9 heteroatoms. The SMILES string of the molecule is C[C@@H]1CCCNc2ccc(-c3cccc(C(F)(F)F)c3)nc2N1C(=O)Nc1cccnc1. The molecule has 1 aromatic carbocycles. The van der Waals surface area contributed by atoms with Crippen LogP contribution < -0.4 is 15.5 Å². The van der Waals surface area contributed by atoms with Crippen LogP contribution in [0.3, 0.4) is 0 Å². The molecule has 0 saturated carbocycles. The van der Waals surface area contributed by atoms with Crippen LogP contribution in [0, 0.1) is 0 Å². The Hall–Kier alpha value is -3.62. The van der Waals surface area contributed by atoms with Crippen LogP contribution in [0.1, 0.15) is 25.3 Å². The largest absolute Gasteiger partial charge is 0.416 e. The number of aromatic nitrogens is 2. The van der Waals surface area contributed by atoms with Crippen molar-refractivity contribution in [2.24, 2.45) is 0 Å². The third-order valence-corrected chi connectivity index (χ3v) is 5.28. The molecule has 0 radical (unpaired) electrons. The van der Waals surface area contributed by atoms with Crippen LogP contribution in [0.5, 0.6) is 0 Å². The normalized spacial score (nSPS) is 16.4. The number of urea groups is 1. The molecule has 3 aromatic rings. The molecule has 4 rings (SSSR count). The van der Waals surface area contributed by atoms with Crippen molar-refractivity contribution in [1.82, 2.24) is 9.97 Å². The van der Waals surface area contributed by atoms with E-state index in [-0.39, 0.29) is 12.1 Å². The fraction of sp³-hybridized carbons (Fsp3) is 0.261. The van der Waals surface area contributed by atoms with Crippen LogP contribution in [-0.2, 0) is 6.18 Å². The standard InChI is InChI=1S/C23H22F3N5O/c1-15-5-3-12-28-20-10-9-19(16-6-2-7-17(13-16)23(24,25)26)30-21(20)31(15)22(32)29-18-8-4-11-27-14-18/h2,4,6-11,13-15,28H,3,5,12H2,1H3,(H,29,32)/t15-/m1/s1. The van der Waals surface area contributed by atoms with E-state index in [1.165, 1.54) is 12.3 Å². The van der Waals surface area contributed by atoms with Crippen LogP contribution in [0.2, 0.25) is 0 Å². The maximum Gasteiger partial charge on any atom is 0.416 e. The van der Waals surface area contributed by atoms with Crippen molar-refractivity contribution in [2.45, 2.75) is 32.0 Å². The molecule has 3 heterocycles. The van der Waals surface area contributed by atoms with Gasteiger partial charge in [0.25, 0.3) is 0 Å². The number of hydrogen-bond donors (Lipinski definition) is 2. The molecule has 0 bridgehead atoms. The number of alkyl halides is 3. The van der Waals surface area contributed by atoms with Crippen molar-refractivity contribution in [3.8, 4) is 11.3 Å². The number of pyridine rings is 2. The number of fused-ring (bicyclic) bond motifs is 1. The van der Waals surface area contributed by atoms with E-state index in [2.05, 4.69) is 20.6 Å². The van der Waals surface area contributed by atoms with E-state index in [0.29, 0.717) is 35.0 Å². The zero-order chi connectivity index (χ0) is 22.7. The Labute approximate surface area is 183 Å². The molecule has 6 nitrogen and oxygen atoms in total.